The number of aromatic nitrogens is 4. The minimum Gasteiger partial charge on any atom is -0.493 e. The lowest BCUT2D eigenvalue weighted by molar-refractivity contribution is 0.312. The molecule has 0 radical (unpaired) electrons. The van der Waals surface area contributed by atoms with Gasteiger partial charge in [-0.2, -0.15) is 9.97 Å². The number of nitrogens with zero attached hydrogens (tertiary/aromatic N) is 6. The molecule has 0 unspecified atom stereocenters. The second kappa shape index (κ2) is 7.43. The Morgan fingerprint density at radius 3 is 2.43 bits per heavy atom. The van der Waals surface area contributed by atoms with E-state index in [1.54, 1.807) is 20.4 Å². The molecule has 3 heterocycles. The largest absolute Gasteiger partial charge is 0.493 e. The summed E-state index contributed by atoms with van der Waals surface area (Å²) in [5, 5.41) is 0. The Morgan fingerprint density at radius 1 is 0.964 bits per heavy atom. The van der Waals surface area contributed by atoms with Crippen LogP contribution in [-0.4, -0.2) is 72.3 Å². The summed E-state index contributed by atoms with van der Waals surface area (Å²) in [6.45, 7) is 3.61. The number of ether oxygens (including phenoxy) is 2. The van der Waals surface area contributed by atoms with Crippen molar-refractivity contribution >= 4 is 22.9 Å². The van der Waals surface area contributed by atoms with Crippen LogP contribution < -0.4 is 20.1 Å². The van der Waals surface area contributed by atoms with E-state index < -0.39 is 0 Å². The quantitative estimate of drug-likeness (QED) is 0.719. The fraction of sp³-hybridized carbons (Fsp3) is 0.368. The summed E-state index contributed by atoms with van der Waals surface area (Å²) in [5.74, 6) is 2.23. The Bertz CT molecular complexity index is 1000. The monoisotopic (exact) mass is 381 g/mol. The number of hydrogen-bond acceptors (Lipinski definition) is 9. The summed E-state index contributed by atoms with van der Waals surface area (Å²) in [4.78, 5) is 22.5. The van der Waals surface area contributed by atoms with Crippen molar-refractivity contribution < 1.29 is 9.47 Å². The van der Waals surface area contributed by atoms with Crippen molar-refractivity contribution in [2.24, 2.45) is 0 Å². The molecule has 0 saturated carbocycles. The molecule has 0 aliphatic carbocycles. The lowest BCUT2D eigenvalue weighted by Gasteiger charge is -2.33. The van der Waals surface area contributed by atoms with Crippen LogP contribution in [0.2, 0.25) is 0 Å². The smallest absolute Gasteiger partial charge is 0.224 e. The number of anilines is 2. The van der Waals surface area contributed by atoms with Gasteiger partial charge in [0.1, 0.15) is 0 Å². The van der Waals surface area contributed by atoms with Gasteiger partial charge in [0.25, 0.3) is 0 Å². The van der Waals surface area contributed by atoms with Gasteiger partial charge in [0, 0.05) is 31.7 Å². The Morgan fingerprint density at radius 2 is 1.71 bits per heavy atom. The molecule has 28 heavy (non-hydrogen) atoms. The zero-order chi connectivity index (χ0) is 19.7. The molecule has 1 saturated heterocycles. The number of nitrogen functional groups attached to an aromatic ring is 1. The maximum atomic E-state index is 5.92. The van der Waals surface area contributed by atoms with Crippen LogP contribution in [0.25, 0.3) is 22.4 Å². The van der Waals surface area contributed by atoms with Crippen LogP contribution in [0.15, 0.2) is 24.4 Å². The van der Waals surface area contributed by atoms with Gasteiger partial charge in [-0.05, 0) is 25.2 Å². The number of piperazine rings is 1. The van der Waals surface area contributed by atoms with Crippen LogP contribution >= 0.6 is 0 Å². The molecule has 1 aliphatic rings. The van der Waals surface area contributed by atoms with E-state index >= 15 is 0 Å². The zero-order valence-electron chi connectivity index (χ0n) is 16.2. The summed E-state index contributed by atoms with van der Waals surface area (Å²) in [5.41, 5.74) is 8.63. The molecule has 9 nitrogen and oxygen atoms in total. The summed E-state index contributed by atoms with van der Waals surface area (Å²) >= 11 is 0. The number of hydrogen-bond donors (Lipinski definition) is 1. The van der Waals surface area contributed by atoms with E-state index in [1.807, 2.05) is 18.2 Å². The van der Waals surface area contributed by atoms with Crippen molar-refractivity contribution in [2.75, 3.05) is 58.1 Å². The second-order valence-corrected chi connectivity index (χ2v) is 6.69. The lowest BCUT2D eigenvalue weighted by Crippen LogP contribution is -2.45. The van der Waals surface area contributed by atoms with Gasteiger partial charge in [-0.1, -0.05) is 0 Å². The van der Waals surface area contributed by atoms with Crippen LogP contribution in [0.3, 0.4) is 0 Å². The van der Waals surface area contributed by atoms with Crippen molar-refractivity contribution in [3.8, 4) is 22.8 Å². The van der Waals surface area contributed by atoms with E-state index in [9.17, 15) is 0 Å². The predicted molar refractivity (Wildman–Crippen MR) is 108 cm³/mol. The Kier molecular flexibility index (Phi) is 4.82. The van der Waals surface area contributed by atoms with Crippen LogP contribution in [0.5, 0.6) is 11.5 Å². The van der Waals surface area contributed by atoms with Gasteiger partial charge in [-0.15, -0.1) is 0 Å². The minimum absolute atomic E-state index is 0.203. The molecule has 1 aromatic carbocycles. The van der Waals surface area contributed by atoms with E-state index in [-0.39, 0.29) is 5.95 Å². The third kappa shape index (κ3) is 3.36. The number of likely N-dealkylation sites (N-methyl/N-ethyl adjacent to an activating group) is 1. The third-order valence-electron chi connectivity index (χ3n) is 4.89. The average molecular weight is 381 g/mol. The van der Waals surface area contributed by atoms with Crippen LogP contribution in [-0.2, 0) is 0 Å². The second-order valence-electron chi connectivity index (χ2n) is 6.69. The van der Waals surface area contributed by atoms with Gasteiger partial charge in [0.2, 0.25) is 5.95 Å². The molecular weight excluding hydrogens is 358 g/mol. The van der Waals surface area contributed by atoms with Gasteiger partial charge in [-0.25, -0.2) is 9.97 Å². The molecule has 0 atom stereocenters. The molecule has 4 rings (SSSR count). The summed E-state index contributed by atoms with van der Waals surface area (Å²) in [6, 6.07) is 5.65. The van der Waals surface area contributed by atoms with Crippen LogP contribution in [0.1, 0.15) is 0 Å². The highest BCUT2D eigenvalue weighted by atomic mass is 16.5. The molecule has 0 bridgehead atoms. The Balaban J connectivity index is 1.80. The molecule has 1 fully saturated rings. The molecule has 2 N–H and O–H groups in total. The first-order valence-electron chi connectivity index (χ1n) is 9.05. The Hall–Kier alpha value is -3.20. The summed E-state index contributed by atoms with van der Waals surface area (Å²) < 4.78 is 10.7. The maximum absolute atomic E-state index is 5.92. The SMILES string of the molecule is COc1ccc(-c2cnc3nc(N)nc(N4CCN(C)CC4)c3n2)cc1OC. The normalized spacial score (nSPS) is 15.0. The molecule has 146 valence electrons. The maximum Gasteiger partial charge on any atom is 0.224 e. The van der Waals surface area contributed by atoms with Crippen molar-refractivity contribution in [3.05, 3.63) is 24.4 Å². The van der Waals surface area contributed by atoms with E-state index in [1.165, 1.54) is 0 Å². The van der Waals surface area contributed by atoms with Gasteiger partial charge < -0.3 is 25.0 Å². The van der Waals surface area contributed by atoms with E-state index in [0.717, 1.165) is 37.6 Å². The fourth-order valence-electron chi connectivity index (χ4n) is 3.28. The highest BCUT2D eigenvalue weighted by molar-refractivity contribution is 5.85. The van der Waals surface area contributed by atoms with Crippen molar-refractivity contribution in [3.63, 3.8) is 0 Å². The Labute approximate surface area is 163 Å². The average Bonchev–Trinajstić information content (AvgIpc) is 2.73. The van der Waals surface area contributed by atoms with Crippen molar-refractivity contribution in [1.82, 2.24) is 24.8 Å². The van der Waals surface area contributed by atoms with Crippen LogP contribution in [0, 0.1) is 0 Å². The standard InChI is InChI=1S/C19H23N7O2/c1-25-6-8-26(9-7-25)18-16-17(23-19(20)24-18)21-11-13(22-16)12-4-5-14(27-2)15(10-12)28-3/h4-5,10-11H,6-9H2,1-3H3,(H2,20,21,23,24). The highest BCUT2D eigenvalue weighted by Gasteiger charge is 2.21. The van der Waals surface area contributed by atoms with Crippen LogP contribution in [0.4, 0.5) is 11.8 Å². The molecule has 1 aliphatic heterocycles. The number of fused-ring (bicyclic) bond motifs is 1. The predicted octanol–water partition coefficient (Wildman–Crippen LogP) is 1.44. The molecule has 9 heteroatoms. The highest BCUT2D eigenvalue weighted by Crippen LogP contribution is 2.32. The summed E-state index contributed by atoms with van der Waals surface area (Å²) in [7, 11) is 5.33. The molecular formula is C19H23N7O2. The first-order chi connectivity index (χ1) is 13.6. The number of methoxy groups -OCH3 is 2. The van der Waals surface area contributed by atoms with E-state index in [0.29, 0.717) is 28.4 Å². The molecule has 0 amide bonds. The fourth-order valence-corrected chi connectivity index (χ4v) is 3.28. The topological polar surface area (TPSA) is 103 Å². The van der Waals surface area contributed by atoms with Gasteiger partial charge in [0.15, 0.2) is 28.5 Å². The first kappa shape index (κ1) is 18.2. The molecule has 0 spiro atoms. The van der Waals surface area contributed by atoms with Gasteiger partial charge >= 0.3 is 0 Å². The van der Waals surface area contributed by atoms with Crippen molar-refractivity contribution in [2.45, 2.75) is 0 Å². The number of nitrogens with two attached hydrogens (primary N) is 1. The van der Waals surface area contributed by atoms with Gasteiger partial charge in [-0.3, -0.25) is 0 Å². The first-order valence-corrected chi connectivity index (χ1v) is 9.05. The lowest BCUT2D eigenvalue weighted by atomic mass is 10.1. The van der Waals surface area contributed by atoms with E-state index in [4.69, 9.17) is 20.2 Å². The molecule has 2 aromatic heterocycles. The number of rotatable bonds is 4. The van der Waals surface area contributed by atoms with E-state index in [2.05, 4.69) is 31.8 Å². The summed E-state index contributed by atoms with van der Waals surface area (Å²) in [6.07, 6.45) is 1.68. The minimum atomic E-state index is 0.203. The number of benzene rings is 1. The van der Waals surface area contributed by atoms with Gasteiger partial charge in [0.05, 0.1) is 26.1 Å². The zero-order valence-corrected chi connectivity index (χ0v) is 16.2. The molecule has 3 aromatic rings. The van der Waals surface area contributed by atoms with Crippen molar-refractivity contribution in [1.29, 1.82) is 0 Å². The third-order valence-corrected chi connectivity index (χ3v) is 4.89.